The summed E-state index contributed by atoms with van der Waals surface area (Å²) in [5, 5.41) is 0.646. The molecule has 0 aliphatic carbocycles. The lowest BCUT2D eigenvalue weighted by Crippen LogP contribution is -2.03. The maximum atomic E-state index is 14.0. The molecule has 4 nitrogen and oxygen atoms in total. The van der Waals surface area contributed by atoms with Gasteiger partial charge >= 0.3 is 0 Å². The van der Waals surface area contributed by atoms with Crippen LogP contribution in [-0.2, 0) is 0 Å². The van der Waals surface area contributed by atoms with Crippen molar-refractivity contribution in [2.45, 2.75) is 0 Å². The molecule has 122 valence electrons. The average Bonchev–Trinajstić information content (AvgIpc) is 3.04. The van der Waals surface area contributed by atoms with Crippen molar-refractivity contribution in [1.29, 1.82) is 0 Å². The molecule has 0 unspecified atom stereocenters. The molecular formula is C20H14FN3O. The van der Waals surface area contributed by atoms with Gasteiger partial charge in [-0.3, -0.25) is 4.79 Å². The number of anilines is 1. The predicted molar refractivity (Wildman–Crippen MR) is 95.8 cm³/mol. The zero-order valence-corrected chi connectivity index (χ0v) is 13.2. The minimum absolute atomic E-state index is 0.0396. The highest BCUT2D eigenvalue weighted by molar-refractivity contribution is 6.16. The predicted octanol–water partition coefficient (Wildman–Crippen LogP) is 4.18. The number of nitrogen functional groups attached to an aromatic ring is 1. The molecule has 0 saturated carbocycles. The molecule has 0 amide bonds. The lowest BCUT2D eigenvalue weighted by Gasteiger charge is -2.04. The third kappa shape index (κ3) is 2.65. The number of nitrogens with one attached hydrogen (secondary N) is 1. The van der Waals surface area contributed by atoms with Crippen LogP contribution < -0.4 is 5.73 Å². The minimum atomic E-state index is -0.540. The number of carbonyl (C=O) groups excluding carboxylic acids is 1. The first-order valence-electron chi connectivity index (χ1n) is 7.76. The quantitative estimate of drug-likeness (QED) is 0.437. The molecule has 2 aromatic carbocycles. The summed E-state index contributed by atoms with van der Waals surface area (Å²) in [5.74, 6) is -0.919. The van der Waals surface area contributed by atoms with Crippen molar-refractivity contribution >= 4 is 22.5 Å². The van der Waals surface area contributed by atoms with Crippen molar-refractivity contribution in [3.05, 3.63) is 83.9 Å². The summed E-state index contributed by atoms with van der Waals surface area (Å²) in [6.07, 6.45) is 3.28. The van der Waals surface area contributed by atoms with E-state index in [0.29, 0.717) is 22.3 Å². The molecule has 5 heteroatoms. The number of hydrogen-bond donors (Lipinski definition) is 2. The Morgan fingerprint density at radius 1 is 1.00 bits per heavy atom. The van der Waals surface area contributed by atoms with Crippen molar-refractivity contribution in [1.82, 2.24) is 9.97 Å². The van der Waals surface area contributed by atoms with Gasteiger partial charge in [0.1, 0.15) is 11.5 Å². The number of rotatable bonds is 3. The van der Waals surface area contributed by atoms with Gasteiger partial charge in [0.05, 0.1) is 5.56 Å². The monoisotopic (exact) mass is 331 g/mol. The number of pyridine rings is 1. The van der Waals surface area contributed by atoms with E-state index in [2.05, 4.69) is 9.97 Å². The molecule has 0 aliphatic heterocycles. The minimum Gasteiger partial charge on any atom is -0.399 e. The number of aromatic nitrogens is 2. The zero-order valence-electron chi connectivity index (χ0n) is 13.2. The first kappa shape index (κ1) is 15.1. The van der Waals surface area contributed by atoms with Gasteiger partial charge in [0.2, 0.25) is 0 Å². The van der Waals surface area contributed by atoms with Crippen molar-refractivity contribution in [3.8, 4) is 11.1 Å². The Hall–Kier alpha value is -3.47. The summed E-state index contributed by atoms with van der Waals surface area (Å²) in [6.45, 7) is 0. The van der Waals surface area contributed by atoms with E-state index in [4.69, 9.17) is 5.73 Å². The summed E-state index contributed by atoms with van der Waals surface area (Å²) in [5.41, 5.74) is 9.23. The van der Waals surface area contributed by atoms with Crippen LogP contribution in [0.1, 0.15) is 15.9 Å². The molecular weight excluding hydrogens is 317 g/mol. The molecule has 0 bridgehead atoms. The summed E-state index contributed by atoms with van der Waals surface area (Å²) >= 11 is 0. The zero-order chi connectivity index (χ0) is 17.4. The number of hydrogen-bond acceptors (Lipinski definition) is 3. The Kier molecular flexibility index (Phi) is 3.54. The third-order valence-electron chi connectivity index (χ3n) is 4.11. The van der Waals surface area contributed by atoms with Gasteiger partial charge in [-0.1, -0.05) is 24.3 Å². The second kappa shape index (κ2) is 5.87. The van der Waals surface area contributed by atoms with E-state index in [-0.39, 0.29) is 11.3 Å². The normalized spacial score (nSPS) is 10.9. The second-order valence-corrected chi connectivity index (χ2v) is 5.76. The number of benzene rings is 2. The van der Waals surface area contributed by atoms with Crippen LogP contribution >= 0.6 is 0 Å². The fraction of sp³-hybridized carbons (Fsp3) is 0. The van der Waals surface area contributed by atoms with Gasteiger partial charge in [0.25, 0.3) is 0 Å². The van der Waals surface area contributed by atoms with E-state index in [9.17, 15) is 9.18 Å². The second-order valence-electron chi connectivity index (χ2n) is 5.76. The molecule has 4 aromatic rings. The fourth-order valence-electron chi connectivity index (χ4n) is 2.86. The molecule has 25 heavy (non-hydrogen) atoms. The van der Waals surface area contributed by atoms with E-state index in [1.54, 1.807) is 30.6 Å². The molecule has 0 atom stereocenters. The molecule has 0 fully saturated rings. The van der Waals surface area contributed by atoms with Crippen molar-refractivity contribution < 1.29 is 9.18 Å². The van der Waals surface area contributed by atoms with Crippen LogP contribution in [-0.4, -0.2) is 15.8 Å². The van der Waals surface area contributed by atoms with Gasteiger partial charge in [-0.05, 0) is 35.9 Å². The van der Waals surface area contributed by atoms with Gasteiger partial charge in [-0.25, -0.2) is 9.37 Å². The molecule has 0 radical (unpaired) electrons. The van der Waals surface area contributed by atoms with E-state index < -0.39 is 5.82 Å². The summed E-state index contributed by atoms with van der Waals surface area (Å²) in [7, 11) is 0. The first-order chi connectivity index (χ1) is 12.1. The standard InChI is InChI=1S/C20H14FN3O/c21-18-7-2-1-6-15(18)19(25)17-11-24-20-16(17)9-13(10-23-20)12-4-3-5-14(22)8-12/h1-11H,22H2,(H,23,24). The van der Waals surface area contributed by atoms with Crippen LogP contribution in [0.3, 0.4) is 0 Å². The van der Waals surface area contributed by atoms with Crippen LogP contribution in [0.25, 0.3) is 22.2 Å². The average molecular weight is 331 g/mol. The molecule has 2 heterocycles. The third-order valence-corrected chi connectivity index (χ3v) is 4.11. The lowest BCUT2D eigenvalue weighted by molar-refractivity contribution is 0.103. The number of aromatic amines is 1. The largest absolute Gasteiger partial charge is 0.399 e. The van der Waals surface area contributed by atoms with Crippen molar-refractivity contribution in [2.75, 3.05) is 5.73 Å². The van der Waals surface area contributed by atoms with Crippen molar-refractivity contribution in [2.24, 2.45) is 0 Å². The van der Waals surface area contributed by atoms with E-state index in [0.717, 1.165) is 11.1 Å². The van der Waals surface area contributed by atoms with Crippen LogP contribution in [0, 0.1) is 5.82 Å². The van der Waals surface area contributed by atoms with Crippen LogP contribution in [0.2, 0.25) is 0 Å². The van der Waals surface area contributed by atoms with Gasteiger partial charge in [0, 0.05) is 34.6 Å². The molecule has 0 aliphatic rings. The van der Waals surface area contributed by atoms with Crippen LogP contribution in [0.5, 0.6) is 0 Å². The molecule has 0 spiro atoms. The molecule has 0 saturated heterocycles. The Bertz CT molecular complexity index is 1100. The highest BCUT2D eigenvalue weighted by atomic mass is 19.1. The van der Waals surface area contributed by atoms with E-state index >= 15 is 0 Å². The van der Waals surface area contributed by atoms with E-state index in [1.165, 1.54) is 12.1 Å². The topological polar surface area (TPSA) is 71.8 Å². The highest BCUT2D eigenvalue weighted by Gasteiger charge is 2.18. The number of halogens is 1. The fourth-order valence-corrected chi connectivity index (χ4v) is 2.86. The summed E-state index contributed by atoms with van der Waals surface area (Å²) in [6, 6.07) is 15.2. The number of nitrogens with zero attached hydrogens (tertiary/aromatic N) is 1. The number of fused-ring (bicyclic) bond motifs is 1. The van der Waals surface area contributed by atoms with Crippen molar-refractivity contribution in [3.63, 3.8) is 0 Å². The molecule has 4 rings (SSSR count). The van der Waals surface area contributed by atoms with Gasteiger partial charge in [-0.15, -0.1) is 0 Å². The van der Waals surface area contributed by atoms with Gasteiger partial charge in [-0.2, -0.15) is 0 Å². The van der Waals surface area contributed by atoms with Gasteiger partial charge < -0.3 is 10.7 Å². The number of ketones is 1. The van der Waals surface area contributed by atoms with Gasteiger partial charge in [0.15, 0.2) is 5.78 Å². The Morgan fingerprint density at radius 2 is 1.84 bits per heavy atom. The number of carbonyl (C=O) groups is 1. The Morgan fingerprint density at radius 3 is 2.64 bits per heavy atom. The SMILES string of the molecule is Nc1cccc(-c2cnc3[nH]cc(C(=O)c4ccccc4F)c3c2)c1. The molecule has 2 aromatic heterocycles. The van der Waals surface area contributed by atoms with Crippen LogP contribution in [0.15, 0.2) is 67.0 Å². The van der Waals surface area contributed by atoms with Crippen LogP contribution in [0.4, 0.5) is 10.1 Å². The Balaban J connectivity index is 1.85. The smallest absolute Gasteiger partial charge is 0.198 e. The highest BCUT2D eigenvalue weighted by Crippen LogP contribution is 2.27. The summed E-state index contributed by atoms with van der Waals surface area (Å²) in [4.78, 5) is 20.1. The van der Waals surface area contributed by atoms with E-state index in [1.807, 2.05) is 24.3 Å². The lowest BCUT2D eigenvalue weighted by atomic mass is 10.0. The maximum Gasteiger partial charge on any atom is 0.198 e. The summed E-state index contributed by atoms with van der Waals surface area (Å²) < 4.78 is 14.0. The first-order valence-corrected chi connectivity index (χ1v) is 7.76. The number of nitrogens with two attached hydrogens (primary N) is 1. The molecule has 3 N–H and O–H groups in total. The number of H-pyrrole nitrogens is 1. The maximum absolute atomic E-state index is 14.0. The Labute approximate surface area is 143 Å².